The minimum absolute atomic E-state index is 0.101. The van der Waals surface area contributed by atoms with Crippen LogP contribution in [0.3, 0.4) is 0 Å². The second kappa shape index (κ2) is 4.58. The van der Waals surface area contributed by atoms with Gasteiger partial charge < -0.3 is 15.7 Å². The summed E-state index contributed by atoms with van der Waals surface area (Å²) in [6.07, 6.45) is 3.69. The van der Waals surface area contributed by atoms with Crippen LogP contribution in [-0.4, -0.2) is 40.6 Å². The zero-order valence-electron chi connectivity index (χ0n) is 10.9. The average Bonchev–Trinajstić information content (AvgIpc) is 3.12. The molecule has 2 aliphatic rings. The van der Waals surface area contributed by atoms with Gasteiger partial charge in [0.05, 0.1) is 11.6 Å². The first-order chi connectivity index (χ1) is 7.93. The number of aliphatic hydroxyl groups excluding tert-OH is 1. The average molecular weight is 240 g/mol. The van der Waals surface area contributed by atoms with Gasteiger partial charge in [-0.3, -0.25) is 4.79 Å². The van der Waals surface area contributed by atoms with E-state index < -0.39 is 5.54 Å². The molecule has 1 saturated heterocycles. The van der Waals surface area contributed by atoms with Gasteiger partial charge >= 0.3 is 0 Å². The minimum Gasteiger partial charge on any atom is -0.393 e. The van der Waals surface area contributed by atoms with Crippen molar-refractivity contribution in [2.24, 2.45) is 17.6 Å². The van der Waals surface area contributed by atoms with Crippen LogP contribution in [0.5, 0.6) is 0 Å². The van der Waals surface area contributed by atoms with Crippen LogP contribution in [0.15, 0.2) is 0 Å². The summed E-state index contributed by atoms with van der Waals surface area (Å²) in [5, 5.41) is 9.53. The molecule has 2 rings (SSSR count). The zero-order valence-corrected chi connectivity index (χ0v) is 10.9. The third-order valence-electron chi connectivity index (χ3n) is 4.40. The molecule has 2 atom stereocenters. The van der Waals surface area contributed by atoms with Gasteiger partial charge in [-0.1, -0.05) is 0 Å². The molecule has 0 aromatic carbocycles. The van der Waals surface area contributed by atoms with E-state index in [1.54, 1.807) is 0 Å². The van der Waals surface area contributed by atoms with E-state index in [2.05, 4.69) is 0 Å². The van der Waals surface area contributed by atoms with Gasteiger partial charge in [-0.25, -0.2) is 0 Å². The molecule has 0 radical (unpaired) electrons. The van der Waals surface area contributed by atoms with Crippen molar-refractivity contribution < 1.29 is 9.90 Å². The lowest BCUT2D eigenvalue weighted by atomic mass is 9.89. The Morgan fingerprint density at radius 2 is 1.88 bits per heavy atom. The van der Waals surface area contributed by atoms with Crippen molar-refractivity contribution in [3.63, 3.8) is 0 Å². The molecule has 1 aliphatic carbocycles. The van der Waals surface area contributed by atoms with Gasteiger partial charge in [0, 0.05) is 13.1 Å². The van der Waals surface area contributed by atoms with Crippen LogP contribution in [-0.2, 0) is 4.79 Å². The first-order valence-corrected chi connectivity index (χ1v) is 6.69. The van der Waals surface area contributed by atoms with E-state index in [0.717, 1.165) is 38.8 Å². The zero-order chi connectivity index (χ0) is 12.6. The summed E-state index contributed by atoms with van der Waals surface area (Å²) in [5.41, 5.74) is 5.48. The van der Waals surface area contributed by atoms with Crippen molar-refractivity contribution in [3.05, 3.63) is 0 Å². The van der Waals surface area contributed by atoms with E-state index in [4.69, 9.17) is 5.73 Å². The fourth-order valence-corrected chi connectivity index (χ4v) is 2.78. The molecule has 17 heavy (non-hydrogen) atoms. The Bertz CT molecular complexity index is 290. The van der Waals surface area contributed by atoms with Crippen molar-refractivity contribution >= 4 is 5.91 Å². The maximum atomic E-state index is 12.3. The van der Waals surface area contributed by atoms with Gasteiger partial charge in [0.1, 0.15) is 0 Å². The summed E-state index contributed by atoms with van der Waals surface area (Å²) in [4.78, 5) is 14.2. The maximum Gasteiger partial charge on any atom is 0.242 e. The predicted octanol–water partition coefficient (Wildman–Crippen LogP) is 0.733. The Hall–Kier alpha value is -0.610. The van der Waals surface area contributed by atoms with Crippen molar-refractivity contribution in [1.29, 1.82) is 0 Å². The smallest absolute Gasteiger partial charge is 0.242 e. The molecule has 4 nitrogen and oxygen atoms in total. The van der Waals surface area contributed by atoms with E-state index in [-0.39, 0.29) is 12.0 Å². The molecule has 3 N–H and O–H groups in total. The normalized spacial score (nSPS) is 27.6. The molecule has 4 heteroatoms. The van der Waals surface area contributed by atoms with Gasteiger partial charge in [-0.05, 0) is 51.4 Å². The second-order valence-corrected chi connectivity index (χ2v) is 5.93. The number of rotatable bonds is 3. The standard InChI is InChI=1S/C13H24N2O2/c1-9(16)10-5-7-15(8-6-10)12(17)13(2,14)11-3-4-11/h9-11,16H,3-8,14H2,1-2H3. The highest BCUT2D eigenvalue weighted by Gasteiger charge is 2.46. The number of amides is 1. The summed E-state index contributed by atoms with van der Waals surface area (Å²) < 4.78 is 0. The third-order valence-corrected chi connectivity index (χ3v) is 4.40. The number of hydrogen-bond acceptors (Lipinski definition) is 3. The van der Waals surface area contributed by atoms with Crippen molar-refractivity contribution in [1.82, 2.24) is 4.90 Å². The van der Waals surface area contributed by atoms with Crippen molar-refractivity contribution in [2.75, 3.05) is 13.1 Å². The monoisotopic (exact) mass is 240 g/mol. The molecule has 2 fully saturated rings. The molecule has 98 valence electrons. The van der Waals surface area contributed by atoms with Crippen LogP contribution in [0.25, 0.3) is 0 Å². The Morgan fingerprint density at radius 3 is 2.29 bits per heavy atom. The van der Waals surface area contributed by atoms with Gasteiger partial charge in [0.2, 0.25) is 5.91 Å². The molecule has 2 unspecified atom stereocenters. The Labute approximate surface area is 103 Å². The maximum absolute atomic E-state index is 12.3. The highest BCUT2D eigenvalue weighted by molar-refractivity contribution is 5.86. The van der Waals surface area contributed by atoms with Gasteiger partial charge in [-0.15, -0.1) is 0 Å². The summed E-state index contributed by atoms with van der Waals surface area (Å²) in [6.45, 7) is 5.19. The van der Waals surface area contributed by atoms with Gasteiger partial charge in [0.25, 0.3) is 0 Å². The van der Waals surface area contributed by atoms with E-state index in [0.29, 0.717) is 11.8 Å². The lowest BCUT2D eigenvalue weighted by Gasteiger charge is -2.37. The van der Waals surface area contributed by atoms with E-state index in [9.17, 15) is 9.90 Å². The van der Waals surface area contributed by atoms with E-state index >= 15 is 0 Å². The first-order valence-electron chi connectivity index (χ1n) is 6.69. The largest absolute Gasteiger partial charge is 0.393 e. The number of carbonyl (C=O) groups excluding carboxylic acids is 1. The predicted molar refractivity (Wildman–Crippen MR) is 66.3 cm³/mol. The van der Waals surface area contributed by atoms with Crippen molar-refractivity contribution in [3.8, 4) is 0 Å². The molecule has 1 saturated carbocycles. The van der Waals surface area contributed by atoms with Crippen LogP contribution in [0.2, 0.25) is 0 Å². The van der Waals surface area contributed by atoms with Gasteiger partial charge in [0.15, 0.2) is 0 Å². The van der Waals surface area contributed by atoms with Crippen molar-refractivity contribution in [2.45, 2.75) is 51.2 Å². The molecule has 0 aromatic rings. The Balaban J connectivity index is 1.90. The minimum atomic E-state index is -0.669. The number of nitrogens with two attached hydrogens (primary N) is 1. The SMILES string of the molecule is CC(O)C1CCN(C(=O)C(C)(N)C2CC2)CC1. The Morgan fingerprint density at radius 1 is 1.35 bits per heavy atom. The molecular formula is C13H24N2O2. The first kappa shape index (κ1) is 12.8. The van der Waals surface area contributed by atoms with Crippen LogP contribution < -0.4 is 5.73 Å². The molecule has 1 heterocycles. The number of carbonyl (C=O) groups is 1. The number of hydrogen-bond donors (Lipinski definition) is 2. The highest BCUT2D eigenvalue weighted by atomic mass is 16.3. The second-order valence-electron chi connectivity index (χ2n) is 5.93. The molecule has 1 aliphatic heterocycles. The molecule has 0 aromatic heterocycles. The Kier molecular flexibility index (Phi) is 3.46. The van der Waals surface area contributed by atoms with Gasteiger partial charge in [-0.2, -0.15) is 0 Å². The fourth-order valence-electron chi connectivity index (χ4n) is 2.78. The molecule has 0 bridgehead atoms. The lowest BCUT2D eigenvalue weighted by Crippen LogP contribution is -2.56. The number of aliphatic hydroxyl groups is 1. The van der Waals surface area contributed by atoms with E-state index in [1.165, 1.54) is 0 Å². The fraction of sp³-hybridized carbons (Fsp3) is 0.923. The van der Waals surface area contributed by atoms with Crippen LogP contribution in [0.1, 0.15) is 39.5 Å². The summed E-state index contributed by atoms with van der Waals surface area (Å²) in [7, 11) is 0. The summed E-state index contributed by atoms with van der Waals surface area (Å²) >= 11 is 0. The van der Waals surface area contributed by atoms with Crippen LogP contribution >= 0.6 is 0 Å². The number of nitrogens with zero attached hydrogens (tertiary/aromatic N) is 1. The highest BCUT2D eigenvalue weighted by Crippen LogP contribution is 2.39. The molecule has 1 amide bonds. The van der Waals surface area contributed by atoms with Crippen LogP contribution in [0.4, 0.5) is 0 Å². The van der Waals surface area contributed by atoms with Crippen LogP contribution in [0, 0.1) is 11.8 Å². The topological polar surface area (TPSA) is 66.6 Å². The summed E-state index contributed by atoms with van der Waals surface area (Å²) in [6, 6.07) is 0. The quantitative estimate of drug-likeness (QED) is 0.764. The number of piperidine rings is 1. The summed E-state index contributed by atoms with van der Waals surface area (Å²) in [5.74, 6) is 0.817. The molecule has 0 spiro atoms. The lowest BCUT2D eigenvalue weighted by molar-refractivity contribution is -0.139. The van der Waals surface area contributed by atoms with E-state index in [1.807, 2.05) is 18.7 Å². The number of likely N-dealkylation sites (tertiary alicyclic amines) is 1. The third kappa shape index (κ3) is 2.63. The molecular weight excluding hydrogens is 216 g/mol.